The third-order valence-corrected chi connectivity index (χ3v) is 2.61. The number of aliphatic carboxylic acids is 2. The van der Waals surface area contributed by atoms with E-state index in [2.05, 4.69) is 5.32 Å². The van der Waals surface area contributed by atoms with E-state index in [-0.39, 0.29) is 6.09 Å². The Labute approximate surface area is 111 Å². The molecule has 8 nitrogen and oxygen atoms in total. The zero-order valence-electron chi connectivity index (χ0n) is 11.1. The molecule has 0 atom stereocenters. The number of hydrogen-bond acceptors (Lipinski definition) is 5. The van der Waals surface area contributed by atoms with Gasteiger partial charge in [-0.05, 0) is 26.8 Å². The Hall–Kier alpha value is -1.83. The number of likely N-dealkylation sites (tertiary alicyclic amines) is 1. The molecule has 1 saturated heterocycles. The molecule has 0 unspecified atom stereocenters. The molecule has 0 bridgehead atoms. The maximum absolute atomic E-state index is 11.3. The third kappa shape index (κ3) is 7.24. The highest BCUT2D eigenvalue weighted by Crippen LogP contribution is 2.10. The molecule has 1 rings (SSSR count). The van der Waals surface area contributed by atoms with Crippen LogP contribution in [-0.2, 0) is 14.3 Å². The summed E-state index contributed by atoms with van der Waals surface area (Å²) >= 11 is 0. The fraction of sp³-hybridized carbons (Fsp3) is 0.727. The Morgan fingerprint density at radius 3 is 2.00 bits per heavy atom. The number of amides is 1. The highest BCUT2D eigenvalue weighted by Gasteiger charge is 2.21. The lowest BCUT2D eigenvalue weighted by Gasteiger charge is -2.30. The van der Waals surface area contributed by atoms with Crippen LogP contribution in [0.4, 0.5) is 4.79 Å². The minimum atomic E-state index is -1.82. The maximum atomic E-state index is 11.3. The Morgan fingerprint density at radius 1 is 1.21 bits per heavy atom. The topological polar surface area (TPSA) is 116 Å². The molecule has 0 aromatic rings. The van der Waals surface area contributed by atoms with Gasteiger partial charge in [0.2, 0.25) is 0 Å². The van der Waals surface area contributed by atoms with Crippen LogP contribution in [-0.4, -0.2) is 65.9 Å². The summed E-state index contributed by atoms with van der Waals surface area (Å²) in [4.78, 5) is 31.3. The highest BCUT2D eigenvalue weighted by atomic mass is 16.6. The lowest BCUT2D eigenvalue weighted by molar-refractivity contribution is -0.159. The molecular formula is C11H20N2O6. The fourth-order valence-corrected chi connectivity index (χ4v) is 1.57. The Kier molecular flexibility index (Phi) is 8.27. The van der Waals surface area contributed by atoms with Gasteiger partial charge in [0.15, 0.2) is 0 Å². The predicted octanol–water partition coefficient (Wildman–Crippen LogP) is -0.0177. The number of carbonyl (C=O) groups excluding carboxylic acids is 1. The lowest BCUT2D eigenvalue weighted by atomic mass is 10.1. The molecular weight excluding hydrogens is 256 g/mol. The van der Waals surface area contributed by atoms with Gasteiger partial charge in [0.1, 0.15) is 0 Å². The van der Waals surface area contributed by atoms with Crippen molar-refractivity contribution in [3.05, 3.63) is 0 Å². The molecule has 8 heteroatoms. The van der Waals surface area contributed by atoms with Crippen molar-refractivity contribution in [2.75, 3.05) is 26.7 Å². The monoisotopic (exact) mass is 276 g/mol. The largest absolute Gasteiger partial charge is 0.473 e. The number of piperidine rings is 1. The number of ether oxygens (including phenoxy) is 1. The number of nitrogens with one attached hydrogen (secondary N) is 1. The second-order valence-corrected chi connectivity index (χ2v) is 3.86. The van der Waals surface area contributed by atoms with Crippen molar-refractivity contribution in [3.63, 3.8) is 0 Å². The standard InChI is InChI=1S/C9H18N2O2.C2H2O4/c1-3-13-9(12)11-6-4-8(10-2)5-7-11;3-1(4)2(5)6/h8,10H,3-7H2,1-2H3;(H,3,4)(H,5,6). The fourth-order valence-electron chi connectivity index (χ4n) is 1.57. The van der Waals surface area contributed by atoms with Gasteiger partial charge in [0, 0.05) is 19.1 Å². The van der Waals surface area contributed by atoms with Crippen LogP contribution in [0.3, 0.4) is 0 Å². The van der Waals surface area contributed by atoms with E-state index in [0.717, 1.165) is 25.9 Å². The summed E-state index contributed by atoms with van der Waals surface area (Å²) < 4.78 is 4.92. The number of rotatable bonds is 2. The van der Waals surface area contributed by atoms with Crippen molar-refractivity contribution in [2.24, 2.45) is 0 Å². The molecule has 0 aromatic heterocycles. The minimum Gasteiger partial charge on any atom is -0.473 e. The minimum absolute atomic E-state index is 0.169. The molecule has 3 N–H and O–H groups in total. The number of carboxylic acid groups (broad SMARTS) is 2. The van der Waals surface area contributed by atoms with Gasteiger partial charge >= 0.3 is 18.0 Å². The average molecular weight is 276 g/mol. The molecule has 1 fully saturated rings. The summed E-state index contributed by atoms with van der Waals surface area (Å²) in [5.41, 5.74) is 0. The summed E-state index contributed by atoms with van der Waals surface area (Å²) in [6, 6.07) is 0.561. The van der Waals surface area contributed by atoms with Crippen molar-refractivity contribution in [2.45, 2.75) is 25.8 Å². The van der Waals surface area contributed by atoms with Gasteiger partial charge in [-0.3, -0.25) is 0 Å². The van der Waals surface area contributed by atoms with Crippen molar-refractivity contribution < 1.29 is 29.3 Å². The quantitative estimate of drug-likeness (QED) is 0.607. The molecule has 1 aliphatic rings. The molecule has 0 aliphatic carbocycles. The SMILES string of the molecule is CCOC(=O)N1CCC(NC)CC1.O=C(O)C(=O)O. The van der Waals surface area contributed by atoms with Gasteiger partial charge in [-0.15, -0.1) is 0 Å². The van der Waals surface area contributed by atoms with Crippen molar-refractivity contribution in [3.8, 4) is 0 Å². The number of hydrogen-bond donors (Lipinski definition) is 3. The zero-order chi connectivity index (χ0) is 14.8. The van der Waals surface area contributed by atoms with Gasteiger partial charge in [-0.1, -0.05) is 0 Å². The van der Waals surface area contributed by atoms with E-state index in [1.54, 1.807) is 4.90 Å². The van der Waals surface area contributed by atoms with E-state index in [9.17, 15) is 4.79 Å². The summed E-state index contributed by atoms with van der Waals surface area (Å²) in [6.07, 6.45) is 1.88. The highest BCUT2D eigenvalue weighted by molar-refractivity contribution is 6.27. The van der Waals surface area contributed by atoms with E-state index >= 15 is 0 Å². The van der Waals surface area contributed by atoms with Crippen LogP contribution < -0.4 is 5.32 Å². The average Bonchev–Trinajstić information content (AvgIpc) is 2.39. The van der Waals surface area contributed by atoms with Gasteiger partial charge in [-0.2, -0.15) is 0 Å². The van der Waals surface area contributed by atoms with Crippen LogP contribution in [0.5, 0.6) is 0 Å². The summed E-state index contributed by atoms with van der Waals surface area (Å²) in [6.45, 7) is 3.91. The molecule has 1 amide bonds. The molecule has 0 radical (unpaired) electrons. The van der Waals surface area contributed by atoms with Gasteiger partial charge in [0.05, 0.1) is 6.61 Å². The van der Waals surface area contributed by atoms with Crippen LogP contribution in [0.2, 0.25) is 0 Å². The first kappa shape index (κ1) is 17.2. The van der Waals surface area contributed by atoms with E-state index < -0.39 is 11.9 Å². The van der Waals surface area contributed by atoms with Crippen molar-refractivity contribution in [1.29, 1.82) is 0 Å². The van der Waals surface area contributed by atoms with E-state index in [4.69, 9.17) is 24.5 Å². The predicted molar refractivity (Wildman–Crippen MR) is 65.9 cm³/mol. The third-order valence-electron chi connectivity index (χ3n) is 2.61. The summed E-state index contributed by atoms with van der Waals surface area (Å²) in [5, 5.41) is 18.0. The Bertz CT molecular complexity index is 300. The normalized spacial score (nSPS) is 15.2. The molecule has 0 saturated carbocycles. The summed E-state index contributed by atoms with van der Waals surface area (Å²) in [7, 11) is 1.96. The smallest absolute Gasteiger partial charge is 0.414 e. The Balaban J connectivity index is 0.000000459. The Morgan fingerprint density at radius 2 is 1.68 bits per heavy atom. The first-order valence-electron chi connectivity index (χ1n) is 5.97. The molecule has 0 aromatic carbocycles. The maximum Gasteiger partial charge on any atom is 0.414 e. The van der Waals surface area contributed by atoms with Crippen molar-refractivity contribution in [1.82, 2.24) is 10.2 Å². The second kappa shape index (κ2) is 9.15. The van der Waals surface area contributed by atoms with Gasteiger partial charge < -0.3 is 25.2 Å². The zero-order valence-corrected chi connectivity index (χ0v) is 11.1. The molecule has 110 valence electrons. The molecule has 0 spiro atoms. The van der Waals surface area contributed by atoms with E-state index in [0.29, 0.717) is 12.6 Å². The van der Waals surface area contributed by atoms with E-state index in [1.807, 2.05) is 14.0 Å². The lowest BCUT2D eigenvalue weighted by Crippen LogP contribution is -2.44. The van der Waals surface area contributed by atoms with Crippen molar-refractivity contribution >= 4 is 18.0 Å². The van der Waals surface area contributed by atoms with Crippen LogP contribution in [0.25, 0.3) is 0 Å². The van der Waals surface area contributed by atoms with Crippen LogP contribution in [0.15, 0.2) is 0 Å². The van der Waals surface area contributed by atoms with Gasteiger partial charge in [0.25, 0.3) is 0 Å². The molecule has 1 heterocycles. The van der Waals surface area contributed by atoms with Crippen LogP contribution in [0.1, 0.15) is 19.8 Å². The number of carbonyl (C=O) groups is 3. The van der Waals surface area contributed by atoms with Gasteiger partial charge in [-0.25, -0.2) is 14.4 Å². The molecule has 1 aliphatic heterocycles. The van der Waals surface area contributed by atoms with Crippen LogP contribution in [0, 0.1) is 0 Å². The number of nitrogens with zero attached hydrogens (tertiary/aromatic N) is 1. The van der Waals surface area contributed by atoms with E-state index in [1.165, 1.54) is 0 Å². The molecule has 19 heavy (non-hydrogen) atoms. The first-order valence-corrected chi connectivity index (χ1v) is 5.97. The second-order valence-electron chi connectivity index (χ2n) is 3.86. The number of carboxylic acids is 2. The first-order chi connectivity index (χ1) is 8.92. The van der Waals surface area contributed by atoms with Crippen LogP contribution >= 0.6 is 0 Å². The summed E-state index contributed by atoms with van der Waals surface area (Å²) in [5.74, 6) is -3.65.